The lowest BCUT2D eigenvalue weighted by molar-refractivity contribution is -0.268. The number of carbonyl (C=O) groups excluding carboxylic acids is 2. The van der Waals surface area contributed by atoms with Gasteiger partial charge in [-0.3, -0.25) is 9.59 Å². The Morgan fingerprint density at radius 2 is 1.54 bits per heavy atom. The molecule has 7 aliphatic rings. The summed E-state index contributed by atoms with van der Waals surface area (Å²) in [5.41, 5.74) is -2.51. The Hall–Kier alpha value is -1.00. The Balaban J connectivity index is 1.58. The number of hydrogen-bond acceptors (Lipinski definition) is 4. The molecule has 5 aliphatic carbocycles. The molecule has 4 nitrogen and oxygen atoms in total. The lowest BCUT2D eigenvalue weighted by Crippen LogP contribution is -2.75. The number of aliphatic hydroxyl groups is 1. The molecule has 2 aliphatic heterocycles. The third-order valence-electron chi connectivity index (χ3n) is 13.9. The zero-order chi connectivity index (χ0) is 26.0. The predicted octanol–water partition coefficient (Wildman–Crippen LogP) is 6.05. The maximum Gasteiger partial charge on any atom is 0.188 e. The zero-order valence-corrected chi connectivity index (χ0v) is 23.6. The number of ether oxygens (including phenoxy) is 1. The van der Waals surface area contributed by atoms with E-state index in [-0.39, 0.29) is 44.9 Å². The second kappa shape index (κ2) is 5.85. The molecule has 7 rings (SSSR count). The highest BCUT2D eigenvalue weighted by molar-refractivity contribution is 6.02. The number of hydrogen-bond donors (Lipinski definition) is 1. The summed E-state index contributed by atoms with van der Waals surface area (Å²) in [7, 11) is 0. The minimum atomic E-state index is -0.882. The van der Waals surface area contributed by atoms with Gasteiger partial charge in [-0.1, -0.05) is 74.8 Å². The highest BCUT2D eigenvalue weighted by Gasteiger charge is 2.95. The first-order valence-corrected chi connectivity index (χ1v) is 13.9. The fourth-order valence-electron chi connectivity index (χ4n) is 10.9. The molecule has 4 heteroatoms. The van der Waals surface area contributed by atoms with E-state index >= 15 is 0 Å². The monoisotopic (exact) mass is 482 g/mol. The smallest absolute Gasteiger partial charge is 0.188 e. The quantitative estimate of drug-likeness (QED) is 0.494. The molecule has 1 N–H and O–H groups in total. The molecule has 9 unspecified atom stereocenters. The summed E-state index contributed by atoms with van der Waals surface area (Å²) >= 11 is 0. The van der Waals surface area contributed by atoms with Crippen molar-refractivity contribution in [2.45, 2.75) is 125 Å². The minimum Gasteiger partial charge on any atom is -0.386 e. The Morgan fingerprint density at radius 3 is 2.14 bits per heavy atom. The molecule has 4 saturated carbocycles. The highest BCUT2D eigenvalue weighted by atomic mass is 16.6. The molecular formula is C31H46O4. The van der Waals surface area contributed by atoms with Crippen LogP contribution in [0, 0.1) is 43.8 Å². The minimum absolute atomic E-state index is 0.00336. The van der Waals surface area contributed by atoms with Gasteiger partial charge in [-0.05, 0) is 59.8 Å². The van der Waals surface area contributed by atoms with Crippen LogP contribution in [0.4, 0.5) is 0 Å². The summed E-state index contributed by atoms with van der Waals surface area (Å²) in [6.45, 7) is 22.4. The van der Waals surface area contributed by atoms with E-state index in [0.717, 1.165) is 25.7 Å². The number of Topliss-reactive ketones (excluding diaryl/α,β-unsaturated/α-hetero) is 1. The zero-order valence-electron chi connectivity index (χ0n) is 23.6. The first-order chi connectivity index (χ1) is 15.7. The van der Waals surface area contributed by atoms with E-state index < -0.39 is 22.0 Å². The van der Waals surface area contributed by atoms with Gasteiger partial charge in [0.2, 0.25) is 0 Å². The van der Waals surface area contributed by atoms with Gasteiger partial charge in [-0.25, -0.2) is 0 Å². The van der Waals surface area contributed by atoms with Gasteiger partial charge in [0.1, 0.15) is 17.0 Å². The maximum absolute atomic E-state index is 14.6. The van der Waals surface area contributed by atoms with Gasteiger partial charge in [0.05, 0.1) is 6.10 Å². The van der Waals surface area contributed by atoms with Crippen LogP contribution in [0.2, 0.25) is 0 Å². The highest BCUT2D eigenvalue weighted by Crippen LogP contribution is 2.87. The van der Waals surface area contributed by atoms with Gasteiger partial charge < -0.3 is 9.84 Å². The van der Waals surface area contributed by atoms with Gasteiger partial charge in [0.25, 0.3) is 0 Å². The molecule has 0 aromatic rings. The lowest BCUT2D eigenvalue weighted by atomic mass is 9.31. The maximum atomic E-state index is 14.6. The molecule has 2 heterocycles. The molecule has 0 amide bonds. The Morgan fingerprint density at radius 1 is 0.943 bits per heavy atom. The van der Waals surface area contributed by atoms with Gasteiger partial charge in [-0.15, -0.1) is 0 Å². The molecule has 9 atom stereocenters. The molecule has 35 heavy (non-hydrogen) atoms. The molecule has 0 aromatic heterocycles. The summed E-state index contributed by atoms with van der Waals surface area (Å²) in [5.74, 6) is 0.469. The molecule has 4 bridgehead atoms. The van der Waals surface area contributed by atoms with Crippen molar-refractivity contribution >= 4 is 11.6 Å². The largest absolute Gasteiger partial charge is 0.386 e. The van der Waals surface area contributed by atoms with Crippen LogP contribution in [0.5, 0.6) is 0 Å². The Kier molecular flexibility index (Phi) is 4.07. The number of carbonyl (C=O) groups is 2. The average Bonchev–Trinajstić information content (AvgIpc) is 3.06. The topological polar surface area (TPSA) is 63.6 Å². The SMILES string of the molecule is CC(C)(C)CC1C23OC4C(O)(CC2(C)C2(C)CCC5(C)C(C)(C)C(=O)CCC5(C)C2=CC3=O)C41C. The van der Waals surface area contributed by atoms with Crippen LogP contribution in [0.25, 0.3) is 0 Å². The predicted molar refractivity (Wildman–Crippen MR) is 136 cm³/mol. The van der Waals surface area contributed by atoms with Crippen LogP contribution < -0.4 is 0 Å². The van der Waals surface area contributed by atoms with Crippen LogP contribution in [0.15, 0.2) is 11.6 Å². The van der Waals surface area contributed by atoms with Gasteiger partial charge in [0, 0.05) is 28.6 Å². The standard InChI is InChI=1S/C31H46O4/c1-23(2,3)16-19-29(10)22-30(29,34)17-28(9)26(7)13-14-27(8)24(4,5)20(32)11-12-25(27,6)18(26)15-21(33)31(19,28)35-22/h15,19,22,34H,11-14,16-17H2,1-10H3. The Labute approximate surface area is 211 Å². The third kappa shape index (κ3) is 2.10. The van der Waals surface area contributed by atoms with Crippen molar-refractivity contribution in [3.05, 3.63) is 11.6 Å². The van der Waals surface area contributed by atoms with Gasteiger partial charge in [-0.2, -0.15) is 0 Å². The summed E-state index contributed by atoms with van der Waals surface area (Å²) < 4.78 is 6.87. The summed E-state index contributed by atoms with van der Waals surface area (Å²) in [6.07, 6.45) is 6.45. The third-order valence-corrected chi connectivity index (χ3v) is 13.9. The number of allylic oxidation sites excluding steroid dienone is 1. The van der Waals surface area contributed by atoms with Crippen LogP contribution in [-0.2, 0) is 14.3 Å². The van der Waals surface area contributed by atoms with Crippen LogP contribution in [0.1, 0.15) is 108 Å². The van der Waals surface area contributed by atoms with E-state index in [2.05, 4.69) is 69.2 Å². The first kappa shape index (κ1) is 24.3. The molecule has 2 saturated heterocycles. The van der Waals surface area contributed by atoms with E-state index in [9.17, 15) is 14.7 Å². The number of ketones is 2. The lowest BCUT2D eigenvalue weighted by Gasteiger charge is -2.73. The van der Waals surface area contributed by atoms with Crippen molar-refractivity contribution in [1.82, 2.24) is 0 Å². The molecule has 0 radical (unpaired) electrons. The van der Waals surface area contributed by atoms with Crippen LogP contribution in [-0.4, -0.2) is 34.0 Å². The van der Waals surface area contributed by atoms with Gasteiger partial charge >= 0.3 is 0 Å². The van der Waals surface area contributed by atoms with Crippen molar-refractivity contribution < 1.29 is 19.4 Å². The van der Waals surface area contributed by atoms with Crippen molar-refractivity contribution in [1.29, 1.82) is 0 Å². The average molecular weight is 483 g/mol. The summed E-state index contributed by atoms with van der Waals surface area (Å²) in [6, 6.07) is 0. The van der Waals surface area contributed by atoms with E-state index in [1.807, 2.05) is 6.08 Å². The number of rotatable bonds is 1. The molecule has 6 fully saturated rings. The molecular weight excluding hydrogens is 436 g/mol. The Bertz CT molecular complexity index is 1110. The fourth-order valence-corrected chi connectivity index (χ4v) is 10.9. The fraction of sp³-hybridized carbons (Fsp3) is 0.871. The molecule has 0 aromatic carbocycles. The summed E-state index contributed by atoms with van der Waals surface area (Å²) in [4.78, 5) is 27.7. The van der Waals surface area contributed by atoms with E-state index in [1.54, 1.807) is 0 Å². The molecule has 194 valence electrons. The first-order valence-electron chi connectivity index (χ1n) is 13.9. The normalized spacial score (nSPS) is 57.7. The van der Waals surface area contributed by atoms with Gasteiger partial charge in [0.15, 0.2) is 5.78 Å². The summed E-state index contributed by atoms with van der Waals surface area (Å²) in [5, 5.41) is 12.0. The van der Waals surface area contributed by atoms with Crippen molar-refractivity contribution in [2.75, 3.05) is 0 Å². The van der Waals surface area contributed by atoms with Crippen molar-refractivity contribution in [3.63, 3.8) is 0 Å². The van der Waals surface area contributed by atoms with E-state index in [0.29, 0.717) is 18.6 Å². The number of fused-ring (bicyclic) bond motifs is 3. The van der Waals surface area contributed by atoms with E-state index in [4.69, 9.17) is 4.74 Å². The molecule has 1 spiro atoms. The van der Waals surface area contributed by atoms with Crippen molar-refractivity contribution in [3.8, 4) is 0 Å². The van der Waals surface area contributed by atoms with Crippen molar-refractivity contribution in [2.24, 2.45) is 43.8 Å². The van der Waals surface area contributed by atoms with Crippen LogP contribution in [0.3, 0.4) is 0 Å². The second-order valence-electron chi connectivity index (χ2n) is 16.2. The van der Waals surface area contributed by atoms with Crippen LogP contribution >= 0.6 is 0 Å². The second-order valence-corrected chi connectivity index (χ2v) is 16.2. The van der Waals surface area contributed by atoms with E-state index in [1.165, 1.54) is 5.57 Å².